The van der Waals surface area contributed by atoms with Crippen LogP contribution < -0.4 is 4.90 Å². The minimum Gasteiger partial charge on any atom is -0.372 e. The van der Waals surface area contributed by atoms with Crippen molar-refractivity contribution in [2.75, 3.05) is 18.0 Å². The predicted octanol–water partition coefficient (Wildman–Crippen LogP) is 6.46. The molecule has 0 aromatic heterocycles. The molecule has 1 unspecified atom stereocenters. The van der Waals surface area contributed by atoms with Gasteiger partial charge in [0.15, 0.2) is 0 Å². The molecule has 136 valence electrons. The van der Waals surface area contributed by atoms with Crippen LogP contribution in [0.3, 0.4) is 0 Å². The summed E-state index contributed by atoms with van der Waals surface area (Å²) in [6.45, 7) is 2.40. The number of piperidine rings is 1. The number of benzene rings is 3. The number of nitrogens with zero attached hydrogens (tertiary/aromatic N) is 1. The Morgan fingerprint density at radius 1 is 0.741 bits per heavy atom. The first-order chi connectivity index (χ1) is 13.4. The molecule has 3 aromatic carbocycles. The second kappa shape index (κ2) is 7.44. The molecule has 2 aliphatic rings. The van der Waals surface area contributed by atoms with Crippen molar-refractivity contribution in [1.82, 2.24) is 0 Å². The number of hydrogen-bond donors (Lipinski definition) is 0. The summed E-state index contributed by atoms with van der Waals surface area (Å²) in [4.78, 5) is 4.02. The van der Waals surface area contributed by atoms with E-state index in [-0.39, 0.29) is 0 Å². The first kappa shape index (κ1) is 16.9. The molecule has 1 fully saturated rings. The molecule has 5 rings (SSSR count). The maximum atomic E-state index is 2.57. The van der Waals surface area contributed by atoms with Crippen molar-refractivity contribution >= 4 is 17.4 Å². The van der Waals surface area contributed by atoms with Gasteiger partial charge in [-0.2, -0.15) is 0 Å². The number of rotatable bonds is 2. The third kappa shape index (κ3) is 3.27. The van der Waals surface area contributed by atoms with Gasteiger partial charge in [-0.25, -0.2) is 0 Å². The van der Waals surface area contributed by atoms with Gasteiger partial charge >= 0.3 is 0 Å². The molecule has 2 heterocycles. The summed E-state index contributed by atoms with van der Waals surface area (Å²) < 4.78 is 0. The molecule has 0 aliphatic carbocycles. The first-order valence-electron chi connectivity index (χ1n) is 10.0. The second-order valence-electron chi connectivity index (χ2n) is 7.60. The Morgan fingerprint density at radius 2 is 1.52 bits per heavy atom. The normalized spacial score (nSPS) is 19.1. The van der Waals surface area contributed by atoms with E-state index in [0.29, 0.717) is 5.92 Å². The lowest BCUT2D eigenvalue weighted by Gasteiger charge is -2.30. The number of thioether (sulfide) groups is 1. The van der Waals surface area contributed by atoms with Crippen molar-refractivity contribution in [2.45, 2.75) is 35.8 Å². The van der Waals surface area contributed by atoms with Gasteiger partial charge in [0.2, 0.25) is 0 Å². The molecular weight excluding hydrogens is 346 g/mol. The van der Waals surface area contributed by atoms with Crippen molar-refractivity contribution in [2.24, 2.45) is 0 Å². The van der Waals surface area contributed by atoms with Crippen LogP contribution in [-0.2, 0) is 5.75 Å². The van der Waals surface area contributed by atoms with Crippen LogP contribution in [0.2, 0.25) is 0 Å². The Hall–Kier alpha value is -2.19. The fourth-order valence-electron chi connectivity index (χ4n) is 4.51. The van der Waals surface area contributed by atoms with E-state index in [1.54, 1.807) is 0 Å². The highest BCUT2D eigenvalue weighted by Gasteiger charge is 2.26. The van der Waals surface area contributed by atoms with Gasteiger partial charge in [-0.05, 0) is 53.6 Å². The highest BCUT2D eigenvalue weighted by molar-refractivity contribution is 7.98. The van der Waals surface area contributed by atoms with E-state index >= 15 is 0 Å². The van der Waals surface area contributed by atoms with Gasteiger partial charge in [0.05, 0.1) is 0 Å². The van der Waals surface area contributed by atoms with Crippen LogP contribution in [0.4, 0.5) is 5.69 Å². The fraction of sp³-hybridized carbons (Fsp3) is 0.280. The molecule has 2 heteroatoms. The summed E-state index contributed by atoms with van der Waals surface area (Å²) >= 11 is 2.00. The van der Waals surface area contributed by atoms with E-state index in [0.717, 1.165) is 5.75 Å². The van der Waals surface area contributed by atoms with E-state index in [9.17, 15) is 0 Å². The predicted molar refractivity (Wildman–Crippen MR) is 116 cm³/mol. The molecular formula is C25H25NS. The van der Waals surface area contributed by atoms with E-state index in [1.165, 1.54) is 65.2 Å². The van der Waals surface area contributed by atoms with E-state index in [1.807, 2.05) is 11.8 Å². The van der Waals surface area contributed by atoms with Crippen LogP contribution in [0.15, 0.2) is 77.7 Å². The lowest BCUT2D eigenvalue weighted by atomic mass is 9.83. The van der Waals surface area contributed by atoms with Gasteiger partial charge < -0.3 is 4.90 Å². The summed E-state index contributed by atoms with van der Waals surface area (Å²) in [7, 11) is 0. The van der Waals surface area contributed by atoms with Crippen LogP contribution in [0, 0.1) is 0 Å². The summed E-state index contributed by atoms with van der Waals surface area (Å²) in [6, 6.07) is 27.2. The topological polar surface area (TPSA) is 3.24 Å². The molecule has 0 bridgehead atoms. The van der Waals surface area contributed by atoms with Gasteiger partial charge in [-0.15, -0.1) is 11.8 Å². The molecule has 1 nitrogen and oxygen atoms in total. The number of anilines is 1. The standard InChI is InChI=1S/C25H25NS/c1-3-9-19(10-4-1)25-22-12-6-5-11-20(22)18-27-24-17-21(13-14-23(24)25)26-15-7-2-8-16-26/h1,3-6,9-14,17,25H,2,7-8,15-16,18H2. The smallest absolute Gasteiger partial charge is 0.0377 e. The first-order valence-corrected chi connectivity index (χ1v) is 11.0. The zero-order chi connectivity index (χ0) is 18.1. The van der Waals surface area contributed by atoms with Crippen molar-refractivity contribution in [3.8, 4) is 0 Å². The Balaban J connectivity index is 1.62. The molecule has 0 N–H and O–H groups in total. The molecule has 1 atom stereocenters. The quantitative estimate of drug-likeness (QED) is 0.508. The van der Waals surface area contributed by atoms with Crippen molar-refractivity contribution < 1.29 is 0 Å². The lowest BCUT2D eigenvalue weighted by molar-refractivity contribution is 0.577. The third-order valence-electron chi connectivity index (χ3n) is 5.91. The van der Waals surface area contributed by atoms with Crippen LogP contribution >= 0.6 is 11.8 Å². The van der Waals surface area contributed by atoms with Crippen molar-refractivity contribution in [3.05, 3.63) is 95.1 Å². The number of hydrogen-bond acceptors (Lipinski definition) is 2. The minimum atomic E-state index is 0.322. The largest absolute Gasteiger partial charge is 0.372 e. The van der Waals surface area contributed by atoms with E-state index in [4.69, 9.17) is 0 Å². The Morgan fingerprint density at radius 3 is 2.37 bits per heavy atom. The van der Waals surface area contributed by atoms with E-state index in [2.05, 4.69) is 77.7 Å². The molecule has 0 saturated carbocycles. The molecule has 27 heavy (non-hydrogen) atoms. The maximum Gasteiger partial charge on any atom is 0.0377 e. The zero-order valence-corrected chi connectivity index (χ0v) is 16.4. The summed E-state index contributed by atoms with van der Waals surface area (Å²) in [5.41, 5.74) is 7.17. The maximum absolute atomic E-state index is 2.57. The molecule has 3 aromatic rings. The molecule has 0 spiro atoms. The van der Waals surface area contributed by atoms with Crippen molar-refractivity contribution in [3.63, 3.8) is 0 Å². The van der Waals surface area contributed by atoms with Gasteiger partial charge in [0.1, 0.15) is 0 Å². The average molecular weight is 372 g/mol. The lowest BCUT2D eigenvalue weighted by Crippen LogP contribution is -2.29. The van der Waals surface area contributed by atoms with Gasteiger partial charge in [-0.1, -0.05) is 60.7 Å². The van der Waals surface area contributed by atoms with E-state index < -0.39 is 0 Å². The summed E-state index contributed by atoms with van der Waals surface area (Å²) in [5.74, 6) is 1.37. The molecule has 0 amide bonds. The third-order valence-corrected chi connectivity index (χ3v) is 7.03. The highest BCUT2D eigenvalue weighted by Crippen LogP contribution is 2.45. The zero-order valence-electron chi connectivity index (χ0n) is 15.6. The number of fused-ring (bicyclic) bond motifs is 2. The molecule has 1 saturated heterocycles. The van der Waals surface area contributed by atoms with Crippen LogP contribution in [-0.4, -0.2) is 13.1 Å². The second-order valence-corrected chi connectivity index (χ2v) is 8.62. The van der Waals surface area contributed by atoms with Gasteiger partial charge in [0, 0.05) is 35.3 Å². The fourth-order valence-corrected chi connectivity index (χ4v) is 5.64. The van der Waals surface area contributed by atoms with Gasteiger partial charge in [0.25, 0.3) is 0 Å². The van der Waals surface area contributed by atoms with Gasteiger partial charge in [-0.3, -0.25) is 0 Å². The minimum absolute atomic E-state index is 0.322. The summed E-state index contributed by atoms with van der Waals surface area (Å²) in [6.07, 6.45) is 4.02. The molecule has 2 aliphatic heterocycles. The van der Waals surface area contributed by atoms with Crippen LogP contribution in [0.25, 0.3) is 0 Å². The van der Waals surface area contributed by atoms with Crippen molar-refractivity contribution in [1.29, 1.82) is 0 Å². The Labute approximate surface area is 166 Å². The highest BCUT2D eigenvalue weighted by atomic mass is 32.2. The SMILES string of the molecule is c1ccc(C2c3ccccc3CSc3cc(N4CCCCC4)ccc32)cc1. The van der Waals surface area contributed by atoms with Crippen LogP contribution in [0.5, 0.6) is 0 Å². The monoisotopic (exact) mass is 371 g/mol. The average Bonchev–Trinajstić information content (AvgIpc) is 2.91. The summed E-state index contributed by atoms with van der Waals surface area (Å²) in [5, 5.41) is 0. The molecule has 0 radical (unpaired) electrons. The van der Waals surface area contributed by atoms with Crippen LogP contribution in [0.1, 0.15) is 47.4 Å². The Bertz CT molecular complexity index is 928. The Kier molecular flexibility index (Phi) is 4.67.